The van der Waals surface area contributed by atoms with Crippen LogP contribution in [0.2, 0.25) is 0 Å². The lowest BCUT2D eigenvalue weighted by Crippen LogP contribution is -2.40. The molecule has 0 bridgehead atoms. The molecule has 12 heteroatoms. The Bertz CT molecular complexity index is 1320. The van der Waals surface area contributed by atoms with Crippen molar-refractivity contribution >= 4 is 32.4 Å². The molecule has 0 saturated carbocycles. The fraction of sp³-hybridized carbons (Fsp3) is 0.409. The van der Waals surface area contributed by atoms with E-state index in [0.717, 1.165) is 6.07 Å². The molecule has 4 rings (SSSR count). The molecule has 1 aliphatic heterocycles. The van der Waals surface area contributed by atoms with Crippen LogP contribution in [0.3, 0.4) is 0 Å². The molecule has 1 aliphatic rings. The van der Waals surface area contributed by atoms with E-state index in [0.29, 0.717) is 29.5 Å². The lowest BCUT2D eigenvalue weighted by Gasteiger charge is -2.29. The first-order chi connectivity index (χ1) is 16.0. The van der Waals surface area contributed by atoms with E-state index in [9.17, 15) is 21.6 Å². The monoisotopic (exact) mass is 495 g/mol. The van der Waals surface area contributed by atoms with Crippen LogP contribution < -0.4 is 15.0 Å². The number of halogens is 3. The van der Waals surface area contributed by atoms with Gasteiger partial charge in [0.05, 0.1) is 35.6 Å². The SMILES string of the molecule is COc1nc2ncnc(N[C@H](C)c3cccc(C(C)(F)F)c3F)c2cc1N1CCS(=O)(=O)CC1. The fourth-order valence-corrected chi connectivity index (χ4v) is 5.11. The number of rotatable bonds is 6. The van der Waals surface area contributed by atoms with Gasteiger partial charge in [0.25, 0.3) is 5.92 Å². The summed E-state index contributed by atoms with van der Waals surface area (Å²) in [5.74, 6) is -3.67. The van der Waals surface area contributed by atoms with E-state index < -0.39 is 33.2 Å². The number of anilines is 2. The maximum atomic E-state index is 14.9. The molecule has 1 saturated heterocycles. The standard InChI is InChI=1S/C22H24F3N5O3S/c1-13(14-5-4-6-16(18(14)23)22(2,24)25)28-19-15-11-17(30-7-9-34(31,32)10-8-30)21(33-3)29-20(15)27-12-26-19/h4-6,11-13H,7-10H2,1-3H3,(H,26,27,28,29)/t13-/m1/s1. The van der Waals surface area contributed by atoms with E-state index in [2.05, 4.69) is 20.3 Å². The molecule has 0 amide bonds. The Kier molecular flexibility index (Phi) is 6.28. The number of benzene rings is 1. The average Bonchev–Trinajstić information content (AvgIpc) is 2.78. The van der Waals surface area contributed by atoms with Crippen molar-refractivity contribution in [1.29, 1.82) is 0 Å². The zero-order chi connectivity index (χ0) is 24.7. The number of nitrogens with one attached hydrogen (secondary N) is 1. The molecule has 3 heterocycles. The highest BCUT2D eigenvalue weighted by molar-refractivity contribution is 7.91. The van der Waals surface area contributed by atoms with Crippen molar-refractivity contribution in [1.82, 2.24) is 15.0 Å². The van der Waals surface area contributed by atoms with Crippen LogP contribution in [-0.2, 0) is 15.8 Å². The van der Waals surface area contributed by atoms with Gasteiger partial charge in [-0.15, -0.1) is 0 Å². The minimum atomic E-state index is -3.32. The Labute approximate surface area is 195 Å². The van der Waals surface area contributed by atoms with Crippen molar-refractivity contribution < 1.29 is 26.3 Å². The summed E-state index contributed by atoms with van der Waals surface area (Å²) in [5.41, 5.74) is 0.270. The molecule has 1 fully saturated rings. The van der Waals surface area contributed by atoms with Gasteiger partial charge in [-0.05, 0) is 13.0 Å². The molecule has 0 unspecified atom stereocenters. The Morgan fingerprint density at radius 1 is 1.21 bits per heavy atom. The molecule has 34 heavy (non-hydrogen) atoms. The van der Waals surface area contributed by atoms with Crippen LogP contribution in [0.15, 0.2) is 30.6 Å². The van der Waals surface area contributed by atoms with Crippen molar-refractivity contribution in [2.24, 2.45) is 0 Å². The van der Waals surface area contributed by atoms with Crippen LogP contribution in [0.4, 0.5) is 24.7 Å². The summed E-state index contributed by atoms with van der Waals surface area (Å²) in [5, 5.41) is 3.57. The van der Waals surface area contributed by atoms with Crippen molar-refractivity contribution in [3.05, 3.63) is 47.5 Å². The minimum Gasteiger partial charge on any atom is -0.479 e. The third-order valence-electron chi connectivity index (χ3n) is 5.77. The maximum Gasteiger partial charge on any atom is 0.273 e. The minimum absolute atomic E-state index is 0.0132. The number of aromatic nitrogens is 3. The zero-order valence-corrected chi connectivity index (χ0v) is 19.7. The molecule has 0 aliphatic carbocycles. The van der Waals surface area contributed by atoms with Crippen LogP contribution in [0, 0.1) is 5.82 Å². The second-order valence-corrected chi connectivity index (χ2v) is 10.5. The Morgan fingerprint density at radius 3 is 2.56 bits per heavy atom. The second-order valence-electron chi connectivity index (χ2n) is 8.21. The molecule has 1 atom stereocenters. The molecular formula is C22H24F3N5O3S. The molecule has 182 valence electrons. The second kappa shape index (κ2) is 8.90. The number of nitrogens with zero attached hydrogens (tertiary/aromatic N) is 4. The number of ether oxygens (including phenoxy) is 1. The van der Waals surface area contributed by atoms with Gasteiger partial charge in [0, 0.05) is 25.6 Å². The van der Waals surface area contributed by atoms with Gasteiger partial charge in [-0.3, -0.25) is 0 Å². The number of alkyl halides is 2. The third-order valence-corrected chi connectivity index (χ3v) is 7.38. The Hall–Kier alpha value is -3.15. The number of hydrogen-bond acceptors (Lipinski definition) is 8. The van der Waals surface area contributed by atoms with Gasteiger partial charge >= 0.3 is 0 Å². The normalized spacial score (nSPS) is 16.9. The van der Waals surface area contributed by atoms with Gasteiger partial charge in [-0.1, -0.05) is 18.2 Å². The van der Waals surface area contributed by atoms with Crippen molar-refractivity contribution in [2.45, 2.75) is 25.8 Å². The highest BCUT2D eigenvalue weighted by Gasteiger charge is 2.30. The summed E-state index contributed by atoms with van der Waals surface area (Å²) in [4.78, 5) is 14.7. The van der Waals surface area contributed by atoms with Gasteiger partial charge < -0.3 is 15.0 Å². The molecule has 0 spiro atoms. The van der Waals surface area contributed by atoms with Gasteiger partial charge in [0.15, 0.2) is 15.5 Å². The number of sulfone groups is 1. The zero-order valence-electron chi connectivity index (χ0n) is 18.8. The van der Waals surface area contributed by atoms with E-state index in [1.54, 1.807) is 13.0 Å². The summed E-state index contributed by atoms with van der Waals surface area (Å²) in [6.45, 7) is 2.85. The van der Waals surface area contributed by atoms with Crippen molar-refractivity contribution in [3.63, 3.8) is 0 Å². The van der Waals surface area contributed by atoms with Crippen molar-refractivity contribution in [3.8, 4) is 5.88 Å². The van der Waals surface area contributed by atoms with E-state index in [1.807, 2.05) is 4.90 Å². The smallest absolute Gasteiger partial charge is 0.273 e. The highest BCUT2D eigenvalue weighted by atomic mass is 32.2. The van der Waals surface area contributed by atoms with Crippen LogP contribution >= 0.6 is 0 Å². The number of methoxy groups -OCH3 is 1. The Balaban J connectivity index is 1.71. The largest absolute Gasteiger partial charge is 0.479 e. The summed E-state index contributed by atoms with van der Waals surface area (Å²) in [7, 11) is -1.63. The molecule has 1 aromatic carbocycles. The molecule has 0 radical (unpaired) electrons. The molecule has 2 aromatic heterocycles. The summed E-state index contributed by atoms with van der Waals surface area (Å²) in [6, 6.07) is 4.92. The van der Waals surface area contributed by atoms with E-state index in [4.69, 9.17) is 4.74 Å². The predicted molar refractivity (Wildman–Crippen MR) is 123 cm³/mol. The van der Waals surface area contributed by atoms with Gasteiger partial charge in [0.2, 0.25) is 5.88 Å². The summed E-state index contributed by atoms with van der Waals surface area (Å²) < 4.78 is 71.5. The van der Waals surface area contributed by atoms with Crippen LogP contribution in [0.1, 0.15) is 31.0 Å². The molecular weight excluding hydrogens is 471 g/mol. The highest BCUT2D eigenvalue weighted by Crippen LogP contribution is 2.35. The number of pyridine rings is 1. The maximum absolute atomic E-state index is 14.9. The lowest BCUT2D eigenvalue weighted by molar-refractivity contribution is 0.0136. The first-order valence-corrected chi connectivity index (χ1v) is 12.4. The topological polar surface area (TPSA) is 97.3 Å². The van der Waals surface area contributed by atoms with Crippen molar-refractivity contribution in [2.75, 3.05) is 41.9 Å². The van der Waals surface area contributed by atoms with E-state index in [1.165, 1.54) is 25.6 Å². The Morgan fingerprint density at radius 2 is 1.91 bits per heavy atom. The van der Waals surface area contributed by atoms with E-state index in [-0.39, 0.29) is 36.0 Å². The average molecular weight is 496 g/mol. The molecule has 8 nitrogen and oxygen atoms in total. The van der Waals surface area contributed by atoms with Crippen LogP contribution in [-0.4, -0.2) is 55.1 Å². The van der Waals surface area contributed by atoms with Crippen LogP contribution in [0.25, 0.3) is 11.0 Å². The van der Waals surface area contributed by atoms with Gasteiger partial charge in [-0.2, -0.15) is 4.98 Å². The molecule has 1 N–H and O–H groups in total. The third kappa shape index (κ3) is 4.72. The van der Waals surface area contributed by atoms with Gasteiger partial charge in [0.1, 0.15) is 23.6 Å². The van der Waals surface area contributed by atoms with Gasteiger partial charge in [-0.25, -0.2) is 31.6 Å². The summed E-state index contributed by atoms with van der Waals surface area (Å²) >= 11 is 0. The summed E-state index contributed by atoms with van der Waals surface area (Å²) in [6.07, 6.45) is 1.28. The number of fused-ring (bicyclic) bond motifs is 1. The fourth-order valence-electron chi connectivity index (χ4n) is 3.91. The van der Waals surface area contributed by atoms with Crippen LogP contribution in [0.5, 0.6) is 5.88 Å². The quantitative estimate of drug-likeness (QED) is 0.553. The molecule has 3 aromatic rings. The lowest BCUT2D eigenvalue weighted by atomic mass is 10.0. The number of hydrogen-bond donors (Lipinski definition) is 1. The van der Waals surface area contributed by atoms with E-state index >= 15 is 0 Å². The first kappa shape index (κ1) is 24.0. The first-order valence-electron chi connectivity index (χ1n) is 10.6. The predicted octanol–water partition coefficient (Wildman–Crippen LogP) is 3.69.